The van der Waals surface area contributed by atoms with Gasteiger partial charge in [0.25, 0.3) is 0 Å². The Morgan fingerprint density at radius 3 is 2.50 bits per heavy atom. The summed E-state index contributed by atoms with van der Waals surface area (Å²) in [7, 11) is 0. The average Bonchev–Trinajstić information content (AvgIpc) is 2.55. The number of hydrogen-bond donors (Lipinski definition) is 1. The van der Waals surface area contributed by atoms with Gasteiger partial charge in [-0.05, 0) is 24.1 Å². The van der Waals surface area contributed by atoms with E-state index in [4.69, 9.17) is 11.6 Å². The summed E-state index contributed by atoms with van der Waals surface area (Å²) >= 11 is 5.83. The lowest BCUT2D eigenvalue weighted by Crippen LogP contribution is -2.46. The number of rotatable bonds is 7. The normalized spacial score (nSPS) is 15.6. The maximum Gasteiger partial charge on any atom is 0.221 e. The minimum absolute atomic E-state index is 0.0757. The molecule has 0 aliphatic carbocycles. The SMILES string of the molecule is O=CN1CCN(CCC(=O)NCCc2ccc(Cl)cc2)CC1. The van der Waals surface area contributed by atoms with Crippen molar-refractivity contribution in [3.8, 4) is 0 Å². The van der Waals surface area contributed by atoms with Gasteiger partial charge in [-0.25, -0.2) is 0 Å². The van der Waals surface area contributed by atoms with E-state index in [1.54, 1.807) is 4.90 Å². The van der Waals surface area contributed by atoms with Crippen LogP contribution in [0.1, 0.15) is 12.0 Å². The van der Waals surface area contributed by atoms with Crippen molar-refractivity contribution in [2.45, 2.75) is 12.8 Å². The van der Waals surface area contributed by atoms with Crippen molar-refractivity contribution in [1.82, 2.24) is 15.1 Å². The van der Waals surface area contributed by atoms with Crippen molar-refractivity contribution >= 4 is 23.9 Å². The number of halogens is 1. The van der Waals surface area contributed by atoms with E-state index in [0.29, 0.717) is 13.0 Å². The van der Waals surface area contributed by atoms with Gasteiger partial charge in [0.2, 0.25) is 12.3 Å². The maximum absolute atomic E-state index is 11.8. The average molecular weight is 324 g/mol. The highest BCUT2D eigenvalue weighted by Gasteiger charge is 2.15. The van der Waals surface area contributed by atoms with Crippen molar-refractivity contribution in [3.63, 3.8) is 0 Å². The van der Waals surface area contributed by atoms with Crippen LogP contribution in [0.5, 0.6) is 0 Å². The fourth-order valence-corrected chi connectivity index (χ4v) is 2.56. The van der Waals surface area contributed by atoms with Crippen LogP contribution in [-0.2, 0) is 16.0 Å². The molecule has 0 aromatic heterocycles. The second-order valence-corrected chi connectivity index (χ2v) is 5.90. The first-order valence-electron chi connectivity index (χ1n) is 7.60. The van der Waals surface area contributed by atoms with E-state index in [9.17, 15) is 9.59 Å². The van der Waals surface area contributed by atoms with Gasteiger partial charge in [0.05, 0.1) is 0 Å². The standard InChI is InChI=1S/C16H22ClN3O2/c17-15-3-1-14(2-4-15)5-7-18-16(22)6-8-19-9-11-20(13-21)12-10-19/h1-4,13H,5-12H2,(H,18,22). The van der Waals surface area contributed by atoms with Crippen LogP contribution < -0.4 is 5.32 Å². The summed E-state index contributed by atoms with van der Waals surface area (Å²) in [6.45, 7) is 4.58. The van der Waals surface area contributed by atoms with Crippen molar-refractivity contribution in [2.75, 3.05) is 39.3 Å². The Kier molecular flexibility index (Phi) is 6.68. The second kappa shape index (κ2) is 8.76. The van der Waals surface area contributed by atoms with Gasteiger partial charge >= 0.3 is 0 Å². The molecule has 0 spiro atoms. The van der Waals surface area contributed by atoms with Gasteiger partial charge in [-0.15, -0.1) is 0 Å². The fourth-order valence-electron chi connectivity index (χ4n) is 2.44. The Balaban J connectivity index is 1.58. The molecule has 2 amide bonds. The molecule has 0 saturated carbocycles. The lowest BCUT2D eigenvalue weighted by molar-refractivity contribution is -0.122. The van der Waals surface area contributed by atoms with Crippen LogP contribution in [0.2, 0.25) is 5.02 Å². The summed E-state index contributed by atoms with van der Waals surface area (Å²) in [5.74, 6) is 0.0757. The monoisotopic (exact) mass is 323 g/mol. The molecule has 6 heteroatoms. The smallest absolute Gasteiger partial charge is 0.221 e. The van der Waals surface area contributed by atoms with Crippen molar-refractivity contribution < 1.29 is 9.59 Å². The summed E-state index contributed by atoms with van der Waals surface area (Å²) < 4.78 is 0. The molecule has 22 heavy (non-hydrogen) atoms. The molecule has 2 rings (SSSR count). The Morgan fingerprint density at radius 1 is 1.18 bits per heavy atom. The van der Waals surface area contributed by atoms with Crippen LogP contribution in [0.15, 0.2) is 24.3 Å². The lowest BCUT2D eigenvalue weighted by Gasteiger charge is -2.32. The lowest BCUT2D eigenvalue weighted by atomic mass is 10.1. The quantitative estimate of drug-likeness (QED) is 0.766. The zero-order chi connectivity index (χ0) is 15.8. The molecular weight excluding hydrogens is 302 g/mol. The molecule has 5 nitrogen and oxygen atoms in total. The zero-order valence-electron chi connectivity index (χ0n) is 12.6. The molecule has 1 aliphatic rings. The fraction of sp³-hybridized carbons (Fsp3) is 0.500. The van der Waals surface area contributed by atoms with Gasteiger partial charge in [0.1, 0.15) is 0 Å². The Bertz CT molecular complexity index is 485. The highest BCUT2D eigenvalue weighted by atomic mass is 35.5. The van der Waals surface area contributed by atoms with Gasteiger partial charge in [-0.1, -0.05) is 23.7 Å². The molecule has 1 aliphatic heterocycles. The van der Waals surface area contributed by atoms with Crippen molar-refractivity contribution in [3.05, 3.63) is 34.9 Å². The molecular formula is C16H22ClN3O2. The first-order valence-corrected chi connectivity index (χ1v) is 7.98. The minimum Gasteiger partial charge on any atom is -0.356 e. The molecule has 1 N–H and O–H groups in total. The second-order valence-electron chi connectivity index (χ2n) is 5.46. The number of carbonyl (C=O) groups excluding carboxylic acids is 2. The number of carbonyl (C=O) groups is 2. The van der Waals surface area contributed by atoms with Crippen LogP contribution in [0.25, 0.3) is 0 Å². The molecule has 1 aromatic carbocycles. The zero-order valence-corrected chi connectivity index (χ0v) is 13.4. The van der Waals surface area contributed by atoms with E-state index in [1.165, 1.54) is 0 Å². The first-order chi connectivity index (χ1) is 10.7. The van der Waals surface area contributed by atoms with Crippen LogP contribution in [-0.4, -0.2) is 61.4 Å². The number of hydrogen-bond acceptors (Lipinski definition) is 3. The van der Waals surface area contributed by atoms with Gasteiger partial charge < -0.3 is 10.2 Å². The molecule has 0 unspecified atom stereocenters. The molecule has 1 heterocycles. The predicted molar refractivity (Wildman–Crippen MR) is 86.9 cm³/mol. The Morgan fingerprint density at radius 2 is 1.86 bits per heavy atom. The Labute approximate surface area is 136 Å². The molecule has 0 bridgehead atoms. The largest absolute Gasteiger partial charge is 0.356 e. The van der Waals surface area contributed by atoms with E-state index in [2.05, 4.69) is 10.2 Å². The number of nitrogens with zero attached hydrogens (tertiary/aromatic N) is 2. The van der Waals surface area contributed by atoms with Gasteiger partial charge in [-0.3, -0.25) is 14.5 Å². The predicted octanol–water partition coefficient (Wildman–Crippen LogP) is 1.16. The highest BCUT2D eigenvalue weighted by Crippen LogP contribution is 2.09. The maximum atomic E-state index is 11.8. The van der Waals surface area contributed by atoms with Crippen molar-refractivity contribution in [2.24, 2.45) is 0 Å². The van der Waals surface area contributed by atoms with E-state index in [1.807, 2.05) is 24.3 Å². The van der Waals surface area contributed by atoms with Crippen LogP contribution >= 0.6 is 11.6 Å². The minimum atomic E-state index is 0.0757. The highest BCUT2D eigenvalue weighted by molar-refractivity contribution is 6.30. The molecule has 1 fully saturated rings. The molecule has 1 aromatic rings. The first kappa shape index (κ1) is 16.8. The van der Waals surface area contributed by atoms with E-state index < -0.39 is 0 Å². The number of nitrogens with one attached hydrogen (secondary N) is 1. The number of benzene rings is 1. The van der Waals surface area contributed by atoms with Gasteiger partial charge in [-0.2, -0.15) is 0 Å². The molecule has 0 atom stereocenters. The van der Waals surface area contributed by atoms with Crippen LogP contribution in [0.4, 0.5) is 0 Å². The molecule has 0 radical (unpaired) electrons. The van der Waals surface area contributed by atoms with Crippen LogP contribution in [0, 0.1) is 0 Å². The third-order valence-corrected chi connectivity index (χ3v) is 4.11. The molecule has 120 valence electrons. The third kappa shape index (κ3) is 5.66. The topological polar surface area (TPSA) is 52.7 Å². The van der Waals surface area contributed by atoms with Crippen LogP contribution in [0.3, 0.4) is 0 Å². The summed E-state index contributed by atoms with van der Waals surface area (Å²) in [5.41, 5.74) is 1.16. The van der Waals surface area contributed by atoms with Crippen molar-refractivity contribution in [1.29, 1.82) is 0 Å². The van der Waals surface area contributed by atoms with E-state index in [0.717, 1.165) is 56.1 Å². The summed E-state index contributed by atoms with van der Waals surface area (Å²) in [4.78, 5) is 26.4. The Hall–Kier alpha value is -1.59. The van der Waals surface area contributed by atoms with E-state index >= 15 is 0 Å². The number of piperazine rings is 1. The summed E-state index contributed by atoms with van der Waals surface area (Å²) in [5, 5.41) is 3.66. The number of amides is 2. The summed E-state index contributed by atoms with van der Waals surface area (Å²) in [6.07, 6.45) is 2.20. The molecule has 1 saturated heterocycles. The summed E-state index contributed by atoms with van der Waals surface area (Å²) in [6, 6.07) is 7.66. The van der Waals surface area contributed by atoms with Gasteiger partial charge in [0.15, 0.2) is 0 Å². The van der Waals surface area contributed by atoms with Gasteiger partial charge in [0, 0.05) is 50.7 Å². The van der Waals surface area contributed by atoms with E-state index in [-0.39, 0.29) is 5.91 Å². The third-order valence-electron chi connectivity index (χ3n) is 3.86.